The van der Waals surface area contributed by atoms with E-state index in [4.69, 9.17) is 10.8 Å². The number of nitrogens with two attached hydrogens (primary N) is 1. The van der Waals surface area contributed by atoms with E-state index in [1.54, 1.807) is 11.8 Å². The minimum Gasteiger partial charge on any atom is -0.480 e. The van der Waals surface area contributed by atoms with E-state index in [-0.39, 0.29) is 0 Å². The summed E-state index contributed by atoms with van der Waals surface area (Å²) in [5.41, 5.74) is 6.58. The van der Waals surface area contributed by atoms with E-state index in [0.29, 0.717) is 11.8 Å². The maximum absolute atomic E-state index is 10.5. The van der Waals surface area contributed by atoms with Gasteiger partial charge >= 0.3 is 5.97 Å². The average Bonchev–Trinajstić information content (AvgIpc) is 2.99. The van der Waals surface area contributed by atoms with Gasteiger partial charge in [-0.2, -0.15) is 11.8 Å². The highest BCUT2D eigenvalue weighted by Gasteiger charge is 2.25. The van der Waals surface area contributed by atoms with Gasteiger partial charge in [-0.1, -0.05) is 0 Å². The molecule has 16 heavy (non-hydrogen) atoms. The number of hydrogen-bond donors (Lipinski definition) is 2. The number of hydrogen-bond acceptors (Lipinski definition) is 4. The van der Waals surface area contributed by atoms with Crippen LogP contribution in [0.5, 0.6) is 0 Å². The molecule has 3 N–H and O–H groups in total. The zero-order chi connectivity index (χ0) is 11.5. The van der Waals surface area contributed by atoms with Crippen molar-refractivity contribution in [3.05, 3.63) is 18.2 Å². The van der Waals surface area contributed by atoms with Crippen LogP contribution in [-0.2, 0) is 10.5 Å². The van der Waals surface area contributed by atoms with Gasteiger partial charge in [0.2, 0.25) is 0 Å². The number of imidazole rings is 1. The van der Waals surface area contributed by atoms with Crippen LogP contribution in [0.4, 0.5) is 0 Å². The highest BCUT2D eigenvalue weighted by atomic mass is 32.2. The minimum atomic E-state index is -0.941. The summed E-state index contributed by atoms with van der Waals surface area (Å²) in [6, 6.07) is -0.159. The third-order valence-corrected chi connectivity index (χ3v) is 3.65. The Morgan fingerprint density at radius 3 is 3.12 bits per heavy atom. The second-order valence-corrected chi connectivity index (χ2v) is 5.01. The smallest absolute Gasteiger partial charge is 0.321 e. The number of carboxylic acid groups (broad SMARTS) is 1. The first-order chi connectivity index (χ1) is 7.68. The molecule has 1 fully saturated rings. The Morgan fingerprint density at radius 2 is 2.50 bits per heavy atom. The van der Waals surface area contributed by atoms with Crippen molar-refractivity contribution in [3.8, 4) is 0 Å². The molecule has 1 saturated carbocycles. The SMILES string of the molecule is N[C@@H](CSCc1cncn1C1CC1)C(=O)O. The molecule has 0 amide bonds. The third-order valence-electron chi connectivity index (χ3n) is 2.55. The summed E-state index contributed by atoms with van der Waals surface area (Å²) in [6.45, 7) is 0. The molecule has 0 radical (unpaired) electrons. The van der Waals surface area contributed by atoms with Gasteiger partial charge in [0.25, 0.3) is 0 Å². The van der Waals surface area contributed by atoms with E-state index in [0.717, 1.165) is 11.4 Å². The van der Waals surface area contributed by atoms with Gasteiger partial charge in [0, 0.05) is 29.4 Å². The van der Waals surface area contributed by atoms with Crippen LogP contribution in [-0.4, -0.2) is 32.4 Å². The number of nitrogens with zero attached hydrogens (tertiary/aromatic N) is 2. The van der Waals surface area contributed by atoms with Gasteiger partial charge in [-0.05, 0) is 12.8 Å². The highest BCUT2D eigenvalue weighted by molar-refractivity contribution is 7.98. The van der Waals surface area contributed by atoms with E-state index in [1.807, 2.05) is 12.5 Å². The van der Waals surface area contributed by atoms with Gasteiger partial charge in [-0.25, -0.2) is 4.98 Å². The summed E-state index contributed by atoms with van der Waals surface area (Å²) in [5, 5.41) is 8.64. The number of aromatic nitrogens is 2. The molecule has 1 atom stereocenters. The quantitative estimate of drug-likeness (QED) is 0.772. The van der Waals surface area contributed by atoms with Gasteiger partial charge in [0.1, 0.15) is 6.04 Å². The maximum atomic E-state index is 10.5. The molecule has 1 aromatic rings. The van der Waals surface area contributed by atoms with Crippen LogP contribution in [0.3, 0.4) is 0 Å². The summed E-state index contributed by atoms with van der Waals surface area (Å²) in [6.07, 6.45) is 6.15. The maximum Gasteiger partial charge on any atom is 0.321 e. The molecule has 0 bridgehead atoms. The predicted molar refractivity (Wildman–Crippen MR) is 62.3 cm³/mol. The van der Waals surface area contributed by atoms with Crippen molar-refractivity contribution in [2.24, 2.45) is 5.73 Å². The van der Waals surface area contributed by atoms with E-state index in [2.05, 4.69) is 9.55 Å². The van der Waals surface area contributed by atoms with Gasteiger partial charge in [0.15, 0.2) is 0 Å². The molecule has 1 heterocycles. The number of aliphatic carboxylic acids is 1. The fourth-order valence-corrected chi connectivity index (χ4v) is 2.43. The second-order valence-electron chi connectivity index (χ2n) is 3.98. The topological polar surface area (TPSA) is 81.1 Å². The molecule has 0 aromatic carbocycles. The normalized spacial score (nSPS) is 17.3. The van der Waals surface area contributed by atoms with Crippen molar-refractivity contribution in [2.45, 2.75) is 30.7 Å². The van der Waals surface area contributed by atoms with E-state index in [1.165, 1.54) is 12.8 Å². The zero-order valence-corrected chi connectivity index (χ0v) is 9.69. The number of thioether (sulfide) groups is 1. The Hall–Kier alpha value is -1.01. The largest absolute Gasteiger partial charge is 0.480 e. The minimum absolute atomic E-state index is 0.436. The molecule has 5 nitrogen and oxygen atoms in total. The molecule has 1 aliphatic rings. The number of carbonyl (C=O) groups is 1. The summed E-state index contributed by atoms with van der Waals surface area (Å²) in [7, 11) is 0. The number of carboxylic acids is 1. The van der Waals surface area contributed by atoms with E-state index >= 15 is 0 Å². The predicted octanol–water partition coefficient (Wildman–Crippen LogP) is 0.863. The van der Waals surface area contributed by atoms with Crippen LogP contribution in [0.1, 0.15) is 24.6 Å². The van der Waals surface area contributed by atoms with Gasteiger partial charge < -0.3 is 15.4 Å². The Balaban J connectivity index is 1.80. The second kappa shape index (κ2) is 4.88. The lowest BCUT2D eigenvalue weighted by Crippen LogP contribution is -2.32. The van der Waals surface area contributed by atoms with Gasteiger partial charge in [0.05, 0.1) is 6.33 Å². The van der Waals surface area contributed by atoms with Crippen molar-refractivity contribution in [3.63, 3.8) is 0 Å². The molecule has 0 saturated heterocycles. The van der Waals surface area contributed by atoms with Crippen LogP contribution >= 0.6 is 11.8 Å². The van der Waals surface area contributed by atoms with Crippen LogP contribution in [0.15, 0.2) is 12.5 Å². The molecular formula is C10H15N3O2S. The number of rotatable bonds is 6. The Kier molecular flexibility index (Phi) is 3.50. The molecule has 1 aliphatic carbocycles. The third kappa shape index (κ3) is 2.76. The first-order valence-corrected chi connectivity index (χ1v) is 6.41. The van der Waals surface area contributed by atoms with Gasteiger partial charge in [-0.15, -0.1) is 0 Å². The molecular weight excluding hydrogens is 226 g/mol. The molecule has 0 unspecified atom stereocenters. The first-order valence-electron chi connectivity index (χ1n) is 5.25. The monoisotopic (exact) mass is 241 g/mol. The molecule has 6 heteroatoms. The summed E-state index contributed by atoms with van der Waals surface area (Å²) in [4.78, 5) is 14.6. The molecule has 1 aromatic heterocycles. The van der Waals surface area contributed by atoms with Crippen molar-refractivity contribution in [2.75, 3.05) is 5.75 Å². The lowest BCUT2D eigenvalue weighted by Gasteiger charge is -2.08. The van der Waals surface area contributed by atoms with E-state index < -0.39 is 12.0 Å². The van der Waals surface area contributed by atoms with Crippen molar-refractivity contribution in [1.29, 1.82) is 0 Å². The van der Waals surface area contributed by atoms with Gasteiger partial charge in [-0.3, -0.25) is 4.79 Å². The van der Waals surface area contributed by atoms with Crippen LogP contribution < -0.4 is 5.73 Å². The molecule has 0 spiro atoms. The van der Waals surface area contributed by atoms with Crippen LogP contribution in [0.2, 0.25) is 0 Å². The summed E-state index contributed by atoms with van der Waals surface area (Å²) in [5.74, 6) is 0.269. The zero-order valence-electron chi connectivity index (χ0n) is 8.87. The highest BCUT2D eigenvalue weighted by Crippen LogP contribution is 2.36. The van der Waals surface area contributed by atoms with Crippen molar-refractivity contribution < 1.29 is 9.90 Å². The Bertz CT molecular complexity index is 376. The van der Waals surface area contributed by atoms with Crippen LogP contribution in [0, 0.1) is 0 Å². The molecule has 0 aliphatic heterocycles. The fourth-order valence-electron chi connectivity index (χ4n) is 1.49. The lowest BCUT2D eigenvalue weighted by atomic mass is 10.4. The Labute approximate surface area is 98.0 Å². The van der Waals surface area contributed by atoms with Crippen LogP contribution in [0.25, 0.3) is 0 Å². The molecule has 88 valence electrons. The average molecular weight is 241 g/mol. The fraction of sp³-hybridized carbons (Fsp3) is 0.600. The van der Waals surface area contributed by atoms with Crippen molar-refractivity contribution >= 4 is 17.7 Å². The summed E-state index contributed by atoms with van der Waals surface area (Å²) >= 11 is 1.54. The first kappa shape index (κ1) is 11.5. The summed E-state index contributed by atoms with van der Waals surface area (Å²) < 4.78 is 2.18. The van der Waals surface area contributed by atoms with Crippen molar-refractivity contribution in [1.82, 2.24) is 9.55 Å². The molecule has 2 rings (SSSR count). The van der Waals surface area contributed by atoms with E-state index in [9.17, 15) is 4.79 Å². The Morgan fingerprint density at radius 1 is 1.75 bits per heavy atom. The lowest BCUT2D eigenvalue weighted by molar-refractivity contribution is -0.137. The standard InChI is InChI=1S/C10H15N3O2S/c11-9(10(14)15)5-16-4-8-3-12-6-13(8)7-1-2-7/h3,6-7,9H,1-2,4-5,11H2,(H,14,15)/t9-/m0/s1.